The Morgan fingerprint density at radius 1 is 1.23 bits per heavy atom. The predicted molar refractivity (Wildman–Crippen MR) is 87.0 cm³/mol. The Morgan fingerprint density at radius 2 is 1.95 bits per heavy atom. The molecular weight excluding hydrogens is 298 g/mol. The maximum atomic E-state index is 12.1. The number of carbonyl (C=O) groups is 2. The van der Waals surface area contributed by atoms with Gasteiger partial charge in [0.25, 0.3) is 0 Å². The summed E-state index contributed by atoms with van der Waals surface area (Å²) >= 11 is 1.54. The molecular formula is C17H19NO3S. The fourth-order valence-corrected chi connectivity index (χ4v) is 2.95. The van der Waals surface area contributed by atoms with Crippen molar-refractivity contribution in [3.63, 3.8) is 0 Å². The third-order valence-electron chi connectivity index (χ3n) is 3.63. The topological polar surface area (TPSA) is 66.4 Å². The highest BCUT2D eigenvalue weighted by atomic mass is 32.1. The molecule has 1 aromatic heterocycles. The molecule has 0 saturated carbocycles. The Kier molecular flexibility index (Phi) is 5.72. The van der Waals surface area contributed by atoms with Crippen LogP contribution in [-0.2, 0) is 16.0 Å². The number of amides is 1. The maximum absolute atomic E-state index is 12.1. The van der Waals surface area contributed by atoms with Crippen molar-refractivity contribution in [2.24, 2.45) is 5.92 Å². The molecule has 1 amide bonds. The number of benzene rings is 1. The van der Waals surface area contributed by atoms with Gasteiger partial charge < -0.3 is 10.4 Å². The van der Waals surface area contributed by atoms with Gasteiger partial charge in [-0.2, -0.15) is 11.3 Å². The Bertz CT molecular complexity index is 610. The first-order chi connectivity index (χ1) is 10.6. The molecule has 1 aromatic carbocycles. The van der Waals surface area contributed by atoms with E-state index in [0.717, 1.165) is 11.1 Å². The first kappa shape index (κ1) is 16.2. The molecule has 0 spiro atoms. The number of carboxylic acid groups (broad SMARTS) is 1. The summed E-state index contributed by atoms with van der Waals surface area (Å²) in [4.78, 5) is 23.5. The van der Waals surface area contributed by atoms with Gasteiger partial charge in [-0.1, -0.05) is 30.3 Å². The highest BCUT2D eigenvalue weighted by Gasteiger charge is 2.21. The van der Waals surface area contributed by atoms with Gasteiger partial charge in [0, 0.05) is 6.54 Å². The number of aliphatic carboxylic acids is 1. The molecule has 2 aromatic rings. The number of hydrogen-bond acceptors (Lipinski definition) is 3. The number of hydrogen-bond donors (Lipinski definition) is 2. The van der Waals surface area contributed by atoms with Gasteiger partial charge >= 0.3 is 5.97 Å². The van der Waals surface area contributed by atoms with Gasteiger partial charge in [-0.25, -0.2) is 0 Å². The minimum atomic E-state index is -0.896. The number of rotatable bonds is 7. The van der Waals surface area contributed by atoms with E-state index in [2.05, 4.69) is 5.32 Å². The predicted octanol–water partition coefficient (Wildman–Crippen LogP) is 2.91. The fourth-order valence-electron chi connectivity index (χ4n) is 2.20. The molecule has 2 rings (SSSR count). The molecule has 22 heavy (non-hydrogen) atoms. The number of carbonyl (C=O) groups excluding carboxylic acids is 1. The van der Waals surface area contributed by atoms with Crippen LogP contribution in [0.15, 0.2) is 47.2 Å². The van der Waals surface area contributed by atoms with E-state index in [1.807, 2.05) is 54.1 Å². The molecule has 2 unspecified atom stereocenters. The third kappa shape index (κ3) is 4.43. The molecule has 0 aliphatic heterocycles. The van der Waals surface area contributed by atoms with Crippen LogP contribution in [0.5, 0.6) is 0 Å². The van der Waals surface area contributed by atoms with Crippen LogP contribution in [0.2, 0.25) is 0 Å². The average Bonchev–Trinajstić information content (AvgIpc) is 3.05. The van der Waals surface area contributed by atoms with Crippen molar-refractivity contribution in [2.75, 3.05) is 6.54 Å². The SMILES string of the molecule is CC(C(=O)NCC(Cc1ccccc1)C(=O)O)c1ccsc1. The molecule has 0 bridgehead atoms. The summed E-state index contributed by atoms with van der Waals surface area (Å²) in [6.07, 6.45) is 0.406. The van der Waals surface area contributed by atoms with Gasteiger partial charge in [0.05, 0.1) is 11.8 Å². The summed E-state index contributed by atoms with van der Waals surface area (Å²) in [5.74, 6) is -1.93. The average molecular weight is 317 g/mol. The molecule has 0 radical (unpaired) electrons. The fraction of sp³-hybridized carbons (Fsp3) is 0.294. The lowest BCUT2D eigenvalue weighted by Crippen LogP contribution is -2.36. The van der Waals surface area contributed by atoms with Gasteiger partial charge in [0.15, 0.2) is 0 Å². The standard InChI is InChI=1S/C17H19NO3S/c1-12(14-7-8-22-11-14)16(19)18-10-15(17(20)21)9-13-5-3-2-4-6-13/h2-8,11-12,15H,9-10H2,1H3,(H,18,19)(H,20,21). The molecule has 0 fully saturated rings. The second-order valence-electron chi connectivity index (χ2n) is 5.25. The van der Waals surface area contributed by atoms with E-state index in [1.165, 1.54) is 0 Å². The van der Waals surface area contributed by atoms with Gasteiger partial charge in [0.2, 0.25) is 5.91 Å². The zero-order valence-electron chi connectivity index (χ0n) is 12.4. The van der Waals surface area contributed by atoms with Crippen LogP contribution in [0.3, 0.4) is 0 Å². The number of carboxylic acids is 1. The van der Waals surface area contributed by atoms with Gasteiger partial charge in [-0.3, -0.25) is 9.59 Å². The Hall–Kier alpha value is -2.14. The van der Waals surface area contributed by atoms with E-state index in [0.29, 0.717) is 6.42 Å². The number of thiophene rings is 1. The molecule has 0 aliphatic carbocycles. The van der Waals surface area contributed by atoms with Crippen LogP contribution in [-0.4, -0.2) is 23.5 Å². The molecule has 0 aliphatic rings. The quantitative estimate of drug-likeness (QED) is 0.825. The summed E-state index contributed by atoms with van der Waals surface area (Å²) in [6.45, 7) is 1.96. The van der Waals surface area contributed by atoms with Crippen LogP contribution in [0.4, 0.5) is 0 Å². The summed E-state index contributed by atoms with van der Waals surface area (Å²) in [5.41, 5.74) is 1.91. The lowest BCUT2D eigenvalue weighted by molar-refractivity contribution is -0.141. The number of nitrogens with one attached hydrogen (secondary N) is 1. The summed E-state index contributed by atoms with van der Waals surface area (Å²) in [7, 11) is 0. The second kappa shape index (κ2) is 7.75. The van der Waals surface area contributed by atoms with Crippen LogP contribution in [0.1, 0.15) is 24.0 Å². The van der Waals surface area contributed by atoms with E-state index in [-0.39, 0.29) is 18.4 Å². The first-order valence-electron chi connectivity index (χ1n) is 7.14. The first-order valence-corrected chi connectivity index (χ1v) is 8.08. The summed E-state index contributed by atoms with van der Waals surface area (Å²) in [6, 6.07) is 11.4. The van der Waals surface area contributed by atoms with Crippen molar-refractivity contribution >= 4 is 23.2 Å². The van der Waals surface area contributed by atoms with Crippen molar-refractivity contribution in [1.29, 1.82) is 0 Å². The Morgan fingerprint density at radius 3 is 2.55 bits per heavy atom. The smallest absolute Gasteiger partial charge is 0.308 e. The molecule has 4 nitrogen and oxygen atoms in total. The molecule has 1 heterocycles. The lowest BCUT2D eigenvalue weighted by atomic mass is 9.98. The second-order valence-corrected chi connectivity index (χ2v) is 6.03. The van der Waals surface area contributed by atoms with Crippen LogP contribution < -0.4 is 5.32 Å². The largest absolute Gasteiger partial charge is 0.481 e. The maximum Gasteiger partial charge on any atom is 0.308 e. The van der Waals surface area contributed by atoms with E-state index >= 15 is 0 Å². The van der Waals surface area contributed by atoms with Crippen molar-refractivity contribution in [3.8, 4) is 0 Å². The highest BCUT2D eigenvalue weighted by Crippen LogP contribution is 2.18. The normalized spacial score (nSPS) is 13.3. The van der Waals surface area contributed by atoms with Crippen LogP contribution >= 0.6 is 11.3 Å². The van der Waals surface area contributed by atoms with Crippen molar-refractivity contribution in [3.05, 3.63) is 58.3 Å². The van der Waals surface area contributed by atoms with Crippen molar-refractivity contribution in [2.45, 2.75) is 19.3 Å². The van der Waals surface area contributed by atoms with E-state index in [1.54, 1.807) is 11.3 Å². The zero-order valence-corrected chi connectivity index (χ0v) is 13.2. The van der Waals surface area contributed by atoms with Gasteiger partial charge in [-0.05, 0) is 41.3 Å². The minimum Gasteiger partial charge on any atom is -0.481 e. The van der Waals surface area contributed by atoms with Gasteiger partial charge in [-0.15, -0.1) is 0 Å². The lowest BCUT2D eigenvalue weighted by Gasteiger charge is -2.16. The summed E-state index contributed by atoms with van der Waals surface area (Å²) < 4.78 is 0. The molecule has 5 heteroatoms. The van der Waals surface area contributed by atoms with Crippen molar-refractivity contribution < 1.29 is 14.7 Å². The Labute approximate surface area is 133 Å². The van der Waals surface area contributed by atoms with E-state index in [9.17, 15) is 14.7 Å². The molecule has 0 saturated heterocycles. The molecule has 116 valence electrons. The van der Waals surface area contributed by atoms with Crippen LogP contribution in [0.25, 0.3) is 0 Å². The monoisotopic (exact) mass is 317 g/mol. The zero-order chi connectivity index (χ0) is 15.9. The van der Waals surface area contributed by atoms with E-state index < -0.39 is 11.9 Å². The minimum absolute atomic E-state index is 0.136. The highest BCUT2D eigenvalue weighted by molar-refractivity contribution is 7.08. The molecule has 2 N–H and O–H groups in total. The molecule has 2 atom stereocenters. The third-order valence-corrected chi connectivity index (χ3v) is 4.33. The Balaban J connectivity index is 1.92. The van der Waals surface area contributed by atoms with Gasteiger partial charge in [0.1, 0.15) is 0 Å². The summed E-state index contributed by atoms with van der Waals surface area (Å²) in [5, 5.41) is 15.9. The van der Waals surface area contributed by atoms with E-state index in [4.69, 9.17) is 0 Å². The van der Waals surface area contributed by atoms with Crippen molar-refractivity contribution in [1.82, 2.24) is 5.32 Å². The van der Waals surface area contributed by atoms with Crippen LogP contribution in [0, 0.1) is 5.92 Å².